The number of hydrogen-bond acceptors (Lipinski definition) is 3. The predicted octanol–water partition coefficient (Wildman–Crippen LogP) is 1.32. The summed E-state index contributed by atoms with van der Waals surface area (Å²) in [5, 5.41) is 8.83. The molecule has 0 aromatic carbocycles. The van der Waals surface area contributed by atoms with E-state index in [0.717, 1.165) is 25.8 Å². The fraction of sp³-hybridized carbons (Fsp3) is 0.857. The fourth-order valence-corrected chi connectivity index (χ4v) is 2.98. The highest BCUT2D eigenvalue weighted by Gasteiger charge is 2.46. The van der Waals surface area contributed by atoms with Crippen LogP contribution in [0.5, 0.6) is 0 Å². The van der Waals surface area contributed by atoms with Crippen LogP contribution >= 0.6 is 0 Å². The molecule has 1 N–H and O–H groups in total. The van der Waals surface area contributed by atoms with E-state index in [1.54, 1.807) is 0 Å². The normalized spacial score (nSPS) is 28.3. The highest BCUT2D eigenvalue weighted by Crippen LogP contribution is 2.37. The number of carbonyl (C=O) groups excluding carboxylic acids is 1. The van der Waals surface area contributed by atoms with Crippen molar-refractivity contribution < 1.29 is 14.7 Å². The van der Waals surface area contributed by atoms with Gasteiger partial charge in [-0.1, -0.05) is 0 Å². The molecule has 5 nitrogen and oxygen atoms in total. The topological polar surface area (TPSA) is 60.9 Å². The lowest BCUT2D eigenvalue weighted by Gasteiger charge is -2.38. The molecule has 0 bridgehead atoms. The molecule has 2 rings (SSSR count). The third kappa shape index (κ3) is 3.08. The van der Waals surface area contributed by atoms with Crippen LogP contribution in [0.3, 0.4) is 0 Å². The maximum atomic E-state index is 12.8. The van der Waals surface area contributed by atoms with Crippen LogP contribution in [0.1, 0.15) is 46.0 Å². The Labute approximate surface area is 114 Å². The van der Waals surface area contributed by atoms with Gasteiger partial charge in [-0.15, -0.1) is 0 Å². The summed E-state index contributed by atoms with van der Waals surface area (Å²) in [6.07, 6.45) is 3.58. The Bertz CT molecular complexity index is 377. The van der Waals surface area contributed by atoms with Gasteiger partial charge in [0, 0.05) is 24.5 Å². The van der Waals surface area contributed by atoms with Crippen molar-refractivity contribution in [1.29, 1.82) is 0 Å². The van der Waals surface area contributed by atoms with Gasteiger partial charge in [-0.3, -0.25) is 14.5 Å². The van der Waals surface area contributed by atoms with Crippen molar-refractivity contribution >= 4 is 11.9 Å². The van der Waals surface area contributed by atoms with Crippen molar-refractivity contribution in [3.8, 4) is 0 Å². The molecule has 0 aromatic heterocycles. The Morgan fingerprint density at radius 3 is 2.58 bits per heavy atom. The summed E-state index contributed by atoms with van der Waals surface area (Å²) in [5.74, 6) is -0.712. The van der Waals surface area contributed by atoms with Crippen LogP contribution in [0.2, 0.25) is 0 Å². The number of rotatable bonds is 4. The first-order chi connectivity index (χ1) is 8.83. The molecule has 0 spiro atoms. The lowest BCUT2D eigenvalue weighted by atomic mass is 9.98. The quantitative estimate of drug-likeness (QED) is 0.835. The number of hydrogen-bond donors (Lipinski definition) is 1. The summed E-state index contributed by atoms with van der Waals surface area (Å²) in [5.41, 5.74) is -0.121. The predicted molar refractivity (Wildman–Crippen MR) is 71.9 cm³/mol. The first kappa shape index (κ1) is 14.3. The summed E-state index contributed by atoms with van der Waals surface area (Å²) in [6.45, 7) is 5.08. The molecule has 1 aliphatic carbocycles. The molecule has 2 aliphatic rings. The van der Waals surface area contributed by atoms with E-state index < -0.39 is 5.97 Å². The number of aliphatic carboxylic acids is 1. The van der Waals surface area contributed by atoms with E-state index in [4.69, 9.17) is 5.11 Å². The highest BCUT2D eigenvalue weighted by atomic mass is 16.4. The smallest absolute Gasteiger partial charge is 0.303 e. The van der Waals surface area contributed by atoms with E-state index >= 15 is 0 Å². The molecule has 1 heterocycles. The molecule has 1 atom stereocenters. The number of carboxylic acids is 1. The molecule has 19 heavy (non-hydrogen) atoms. The van der Waals surface area contributed by atoms with Gasteiger partial charge in [-0.05, 0) is 46.6 Å². The monoisotopic (exact) mass is 268 g/mol. The van der Waals surface area contributed by atoms with Crippen molar-refractivity contribution in [2.24, 2.45) is 0 Å². The van der Waals surface area contributed by atoms with E-state index in [9.17, 15) is 9.59 Å². The third-order valence-corrected chi connectivity index (χ3v) is 4.33. The van der Waals surface area contributed by atoms with Crippen molar-refractivity contribution in [1.82, 2.24) is 9.80 Å². The third-order valence-electron chi connectivity index (χ3n) is 4.33. The van der Waals surface area contributed by atoms with Gasteiger partial charge in [0.1, 0.15) is 0 Å². The van der Waals surface area contributed by atoms with Gasteiger partial charge in [-0.25, -0.2) is 0 Å². The van der Waals surface area contributed by atoms with E-state index in [2.05, 4.69) is 13.8 Å². The average Bonchev–Trinajstić information content (AvgIpc) is 3.09. The summed E-state index contributed by atoms with van der Waals surface area (Å²) >= 11 is 0. The molecule has 1 saturated carbocycles. The SMILES string of the molecule is CN1CCC(C)(C)N(C2CC2)C(=O)C1CCC(=O)O. The first-order valence-electron chi connectivity index (χ1n) is 7.08. The van der Waals surface area contributed by atoms with Gasteiger partial charge >= 0.3 is 5.97 Å². The number of carbonyl (C=O) groups is 2. The lowest BCUT2D eigenvalue weighted by Crippen LogP contribution is -2.52. The maximum Gasteiger partial charge on any atom is 0.303 e. The van der Waals surface area contributed by atoms with E-state index in [1.807, 2.05) is 16.8 Å². The van der Waals surface area contributed by atoms with Crippen molar-refractivity contribution in [2.45, 2.75) is 63.6 Å². The van der Waals surface area contributed by atoms with Crippen LogP contribution < -0.4 is 0 Å². The molecule has 2 fully saturated rings. The largest absolute Gasteiger partial charge is 0.481 e. The Morgan fingerprint density at radius 1 is 1.42 bits per heavy atom. The zero-order chi connectivity index (χ0) is 14.2. The van der Waals surface area contributed by atoms with Crippen LogP contribution in [-0.2, 0) is 9.59 Å². The summed E-state index contributed by atoms with van der Waals surface area (Å²) in [6, 6.07) is 0.0970. The molecular weight excluding hydrogens is 244 g/mol. The summed E-state index contributed by atoms with van der Waals surface area (Å²) in [4.78, 5) is 27.6. The lowest BCUT2D eigenvalue weighted by molar-refractivity contribution is -0.141. The minimum Gasteiger partial charge on any atom is -0.481 e. The van der Waals surface area contributed by atoms with Crippen molar-refractivity contribution in [2.75, 3.05) is 13.6 Å². The number of carboxylic acid groups (broad SMARTS) is 1. The number of likely N-dealkylation sites (N-methyl/N-ethyl adjacent to an activating group) is 1. The second kappa shape index (κ2) is 5.12. The first-order valence-corrected chi connectivity index (χ1v) is 7.08. The molecule has 5 heteroatoms. The van der Waals surface area contributed by atoms with Crippen LogP contribution in [0.25, 0.3) is 0 Å². The molecule has 1 saturated heterocycles. The van der Waals surface area contributed by atoms with Gasteiger partial charge in [0.2, 0.25) is 5.91 Å². The molecule has 1 unspecified atom stereocenters. The molecule has 0 radical (unpaired) electrons. The van der Waals surface area contributed by atoms with E-state index in [0.29, 0.717) is 12.5 Å². The Hall–Kier alpha value is -1.10. The summed E-state index contributed by atoms with van der Waals surface area (Å²) in [7, 11) is 1.93. The molecule has 108 valence electrons. The van der Waals surface area contributed by atoms with Gasteiger partial charge < -0.3 is 10.0 Å². The standard InChI is InChI=1S/C14H24N2O3/c1-14(2)8-9-15(3)11(6-7-12(17)18)13(19)16(14)10-4-5-10/h10-11H,4-9H2,1-3H3,(H,17,18). The van der Waals surface area contributed by atoms with Crippen LogP contribution in [0.15, 0.2) is 0 Å². The van der Waals surface area contributed by atoms with Gasteiger partial charge in [0.25, 0.3) is 0 Å². The molecular formula is C14H24N2O3. The zero-order valence-corrected chi connectivity index (χ0v) is 12.1. The molecule has 1 aliphatic heterocycles. The van der Waals surface area contributed by atoms with Crippen molar-refractivity contribution in [3.05, 3.63) is 0 Å². The van der Waals surface area contributed by atoms with Gasteiger partial charge in [-0.2, -0.15) is 0 Å². The summed E-state index contributed by atoms with van der Waals surface area (Å²) < 4.78 is 0. The minimum atomic E-state index is -0.831. The number of nitrogens with zero attached hydrogens (tertiary/aromatic N) is 2. The molecule has 0 aromatic rings. The van der Waals surface area contributed by atoms with Crippen LogP contribution in [-0.4, -0.2) is 58.0 Å². The Morgan fingerprint density at radius 2 is 2.05 bits per heavy atom. The highest BCUT2D eigenvalue weighted by molar-refractivity contribution is 5.84. The van der Waals surface area contributed by atoms with Crippen LogP contribution in [0.4, 0.5) is 0 Å². The second-order valence-corrected chi connectivity index (χ2v) is 6.43. The minimum absolute atomic E-state index is 0.0552. The zero-order valence-electron chi connectivity index (χ0n) is 12.1. The van der Waals surface area contributed by atoms with Gasteiger partial charge in [0.05, 0.1) is 6.04 Å². The maximum absolute atomic E-state index is 12.8. The van der Waals surface area contributed by atoms with Crippen LogP contribution in [0, 0.1) is 0 Å². The molecule has 1 amide bonds. The Kier molecular flexibility index (Phi) is 3.85. The number of amides is 1. The van der Waals surface area contributed by atoms with Crippen molar-refractivity contribution in [3.63, 3.8) is 0 Å². The fourth-order valence-electron chi connectivity index (χ4n) is 2.98. The van der Waals surface area contributed by atoms with E-state index in [1.165, 1.54) is 0 Å². The van der Waals surface area contributed by atoms with E-state index in [-0.39, 0.29) is 23.9 Å². The second-order valence-electron chi connectivity index (χ2n) is 6.43. The average molecular weight is 268 g/mol. The van der Waals surface area contributed by atoms with Gasteiger partial charge in [0.15, 0.2) is 0 Å². The Balaban J connectivity index is 2.17.